The number of carbonyl (C=O) groups is 2. The molecule has 0 aliphatic carbocycles. The van der Waals surface area contributed by atoms with Gasteiger partial charge < -0.3 is 10.0 Å². The molecule has 1 aliphatic heterocycles. The van der Waals surface area contributed by atoms with Crippen LogP contribution in [-0.4, -0.2) is 24.0 Å². The average molecular weight is 331 g/mol. The predicted molar refractivity (Wildman–Crippen MR) is 99.5 cm³/mol. The van der Waals surface area contributed by atoms with Crippen LogP contribution in [0.3, 0.4) is 0 Å². The van der Waals surface area contributed by atoms with Gasteiger partial charge in [-0.15, -0.1) is 12.3 Å². The first-order valence-electron chi connectivity index (χ1n) is 7.84. The number of carboxylic acid groups (broad SMARTS) is 1. The van der Waals surface area contributed by atoms with Gasteiger partial charge in [-0.25, -0.2) is 4.79 Å². The minimum Gasteiger partial charge on any atom is -0.478 e. The van der Waals surface area contributed by atoms with Crippen molar-refractivity contribution in [3.8, 4) is 12.3 Å². The number of anilines is 1. The molecule has 3 rings (SSSR count). The van der Waals surface area contributed by atoms with E-state index in [1.807, 2.05) is 30.3 Å². The predicted octanol–water partition coefficient (Wildman–Crippen LogP) is 3.87. The van der Waals surface area contributed by atoms with Gasteiger partial charge in [0.1, 0.15) is 0 Å². The molecule has 1 amide bonds. The second kappa shape index (κ2) is 6.29. The third-order valence-corrected chi connectivity index (χ3v) is 4.43. The van der Waals surface area contributed by atoms with Crippen LogP contribution >= 0.6 is 0 Å². The van der Waals surface area contributed by atoms with E-state index in [1.165, 1.54) is 6.92 Å². The van der Waals surface area contributed by atoms with Gasteiger partial charge in [-0.3, -0.25) is 4.79 Å². The highest BCUT2D eigenvalue weighted by Gasteiger charge is 2.27. The maximum atomic E-state index is 12.4. The number of benzene rings is 2. The van der Waals surface area contributed by atoms with Gasteiger partial charge in [-0.2, -0.15) is 0 Å². The molecule has 4 nitrogen and oxygen atoms in total. The molecule has 0 spiro atoms. The molecule has 124 valence electrons. The molecule has 2 aromatic carbocycles. The first kappa shape index (κ1) is 16.5. The van der Waals surface area contributed by atoms with Gasteiger partial charge in [0.2, 0.25) is 0 Å². The molecule has 0 bridgehead atoms. The van der Waals surface area contributed by atoms with E-state index in [0.717, 1.165) is 27.6 Å². The van der Waals surface area contributed by atoms with Crippen molar-refractivity contribution < 1.29 is 14.7 Å². The lowest BCUT2D eigenvalue weighted by Gasteiger charge is -2.13. The van der Waals surface area contributed by atoms with Crippen molar-refractivity contribution in [2.45, 2.75) is 13.3 Å². The number of hydrogen-bond donors (Lipinski definition) is 1. The summed E-state index contributed by atoms with van der Waals surface area (Å²) in [7, 11) is 1.76. The summed E-state index contributed by atoms with van der Waals surface area (Å²) < 4.78 is 0. The van der Waals surface area contributed by atoms with Crippen LogP contribution in [0.1, 0.15) is 29.3 Å². The van der Waals surface area contributed by atoms with Crippen LogP contribution in [0, 0.1) is 12.3 Å². The molecule has 1 N–H and O–H groups in total. The van der Waals surface area contributed by atoms with Gasteiger partial charge in [0.25, 0.3) is 5.91 Å². The standard InChI is InChI=1S/C21H17NO3/c1-4-6-14(10-9-13(2)21(24)25)15-11-12-18-19-16(15)7-5-8-17(19)20(23)22(18)3/h1,5,7-12H,6H2,2-3H3,(H,24,25)/b13-9+,14-10+. The molecule has 1 heterocycles. The topological polar surface area (TPSA) is 57.6 Å². The summed E-state index contributed by atoms with van der Waals surface area (Å²) in [5.41, 5.74) is 3.53. The maximum Gasteiger partial charge on any atom is 0.331 e. The summed E-state index contributed by atoms with van der Waals surface area (Å²) in [5.74, 6) is 1.63. The molecule has 0 radical (unpaired) electrons. The summed E-state index contributed by atoms with van der Waals surface area (Å²) in [4.78, 5) is 25.0. The van der Waals surface area contributed by atoms with E-state index in [4.69, 9.17) is 11.5 Å². The van der Waals surface area contributed by atoms with E-state index in [-0.39, 0.29) is 11.5 Å². The highest BCUT2D eigenvalue weighted by Crippen LogP contribution is 2.40. The number of aliphatic carboxylic acids is 1. The summed E-state index contributed by atoms with van der Waals surface area (Å²) in [6, 6.07) is 9.48. The molecule has 0 saturated heterocycles. The lowest BCUT2D eigenvalue weighted by Crippen LogP contribution is -2.20. The fraction of sp³-hybridized carbons (Fsp3) is 0.143. The number of nitrogens with zero attached hydrogens (tertiary/aromatic N) is 1. The number of allylic oxidation sites excluding steroid dienone is 3. The van der Waals surface area contributed by atoms with Crippen molar-refractivity contribution in [3.05, 3.63) is 59.2 Å². The molecule has 0 saturated carbocycles. The molecule has 2 aromatic rings. The lowest BCUT2D eigenvalue weighted by atomic mass is 9.94. The van der Waals surface area contributed by atoms with Crippen LogP contribution < -0.4 is 4.90 Å². The molecule has 1 aliphatic rings. The van der Waals surface area contributed by atoms with E-state index >= 15 is 0 Å². The normalized spacial score (nSPS) is 14.1. The summed E-state index contributed by atoms with van der Waals surface area (Å²) in [5, 5.41) is 10.9. The van der Waals surface area contributed by atoms with Gasteiger partial charge in [0, 0.05) is 30.0 Å². The Balaban J connectivity index is 2.24. The minimum atomic E-state index is -0.969. The van der Waals surface area contributed by atoms with Crippen LogP contribution in [0.4, 0.5) is 5.69 Å². The molecule has 0 atom stereocenters. The number of amides is 1. The van der Waals surface area contributed by atoms with Gasteiger partial charge in [-0.05, 0) is 35.6 Å². The van der Waals surface area contributed by atoms with E-state index in [2.05, 4.69) is 5.92 Å². The summed E-state index contributed by atoms with van der Waals surface area (Å²) >= 11 is 0. The number of hydrogen-bond acceptors (Lipinski definition) is 2. The maximum absolute atomic E-state index is 12.4. The Hall–Kier alpha value is -3.32. The highest BCUT2D eigenvalue weighted by molar-refractivity contribution is 6.26. The zero-order chi connectivity index (χ0) is 18.1. The largest absolute Gasteiger partial charge is 0.478 e. The van der Waals surface area contributed by atoms with E-state index < -0.39 is 5.97 Å². The fourth-order valence-electron chi connectivity index (χ4n) is 3.07. The Kier molecular flexibility index (Phi) is 4.16. The zero-order valence-electron chi connectivity index (χ0n) is 14.0. The van der Waals surface area contributed by atoms with Crippen LogP contribution in [0.15, 0.2) is 48.1 Å². The van der Waals surface area contributed by atoms with Gasteiger partial charge in [-0.1, -0.05) is 30.4 Å². The van der Waals surface area contributed by atoms with Crippen LogP contribution in [0.25, 0.3) is 16.3 Å². The van der Waals surface area contributed by atoms with Crippen LogP contribution in [-0.2, 0) is 4.79 Å². The first-order chi connectivity index (χ1) is 12.0. The molecule has 0 fully saturated rings. The Morgan fingerprint density at radius 3 is 2.72 bits per heavy atom. The SMILES string of the molecule is C#CC/C(=C\C=C(/C)C(=O)O)c1ccc2c3c(cccc13)C(=O)N2C. The minimum absolute atomic E-state index is 0.0261. The Morgan fingerprint density at radius 2 is 2.04 bits per heavy atom. The van der Waals surface area contributed by atoms with Crippen molar-refractivity contribution in [1.29, 1.82) is 0 Å². The van der Waals surface area contributed by atoms with Crippen LogP contribution in [0.2, 0.25) is 0 Å². The van der Waals surface area contributed by atoms with E-state index in [1.54, 1.807) is 24.1 Å². The quantitative estimate of drug-likeness (QED) is 0.526. The smallest absolute Gasteiger partial charge is 0.331 e. The van der Waals surface area contributed by atoms with E-state index in [0.29, 0.717) is 12.0 Å². The molecule has 0 unspecified atom stereocenters. The Labute approximate surface area is 146 Å². The average Bonchev–Trinajstić information content (AvgIpc) is 2.85. The zero-order valence-corrected chi connectivity index (χ0v) is 14.0. The van der Waals surface area contributed by atoms with E-state index in [9.17, 15) is 9.59 Å². The molecule has 4 heteroatoms. The molecule has 0 aromatic heterocycles. The number of carbonyl (C=O) groups excluding carboxylic acids is 1. The second-order valence-corrected chi connectivity index (χ2v) is 5.95. The van der Waals surface area contributed by atoms with Crippen molar-refractivity contribution in [1.82, 2.24) is 0 Å². The summed E-state index contributed by atoms with van der Waals surface area (Å²) in [6.07, 6.45) is 9.17. The van der Waals surface area contributed by atoms with Crippen molar-refractivity contribution in [3.63, 3.8) is 0 Å². The third-order valence-electron chi connectivity index (χ3n) is 4.43. The number of terminal acetylenes is 1. The first-order valence-corrected chi connectivity index (χ1v) is 7.84. The highest BCUT2D eigenvalue weighted by atomic mass is 16.4. The Bertz CT molecular complexity index is 1010. The van der Waals surface area contributed by atoms with Crippen molar-refractivity contribution in [2.75, 3.05) is 11.9 Å². The number of carboxylic acids is 1. The lowest BCUT2D eigenvalue weighted by molar-refractivity contribution is -0.132. The van der Waals surface area contributed by atoms with Crippen LogP contribution in [0.5, 0.6) is 0 Å². The molecular formula is C21H17NO3. The number of rotatable bonds is 4. The third kappa shape index (κ3) is 2.70. The Morgan fingerprint density at radius 1 is 1.28 bits per heavy atom. The monoisotopic (exact) mass is 331 g/mol. The van der Waals surface area contributed by atoms with Crippen molar-refractivity contribution >= 4 is 33.9 Å². The van der Waals surface area contributed by atoms with Gasteiger partial charge >= 0.3 is 5.97 Å². The van der Waals surface area contributed by atoms with Crippen molar-refractivity contribution in [2.24, 2.45) is 0 Å². The summed E-state index contributed by atoms with van der Waals surface area (Å²) in [6.45, 7) is 1.54. The molecular weight excluding hydrogens is 314 g/mol. The fourth-order valence-corrected chi connectivity index (χ4v) is 3.07. The van der Waals surface area contributed by atoms with Gasteiger partial charge in [0.15, 0.2) is 0 Å². The second-order valence-electron chi connectivity index (χ2n) is 5.95. The molecule has 25 heavy (non-hydrogen) atoms. The van der Waals surface area contributed by atoms with Gasteiger partial charge in [0.05, 0.1) is 5.69 Å².